The molecule has 62 heavy (non-hydrogen) atoms. The van der Waals surface area contributed by atoms with Crippen molar-refractivity contribution >= 4 is 0 Å². The van der Waals surface area contributed by atoms with Crippen LogP contribution in [0.1, 0.15) is 188 Å². The third-order valence-electron chi connectivity index (χ3n) is 11.4. The monoisotopic (exact) mass is 892 g/mol. The van der Waals surface area contributed by atoms with Crippen LogP contribution in [0.15, 0.2) is 0 Å². The zero-order chi connectivity index (χ0) is 46.9. The normalized spacial score (nSPS) is 27.9. The topological polar surface area (TPSA) is 114 Å². The summed E-state index contributed by atoms with van der Waals surface area (Å²) in [5.41, 5.74) is 0.913. The van der Waals surface area contributed by atoms with Crippen LogP contribution >= 0.6 is 0 Å². The molecule has 8 rings (SSSR count). The molecule has 12 heteroatoms. The SMILES string of the molecule is CC1(C)CCCCO1.CC1(C)CCCCO1.CC1(C)CCCO1.CC1(C)CCNCCO1.CC1(C)CCO1.CC1(C)CCOCCO1.CC1(C)OCCCO1.CC1(C)OCCO1. The molecule has 1 N–H and O–H groups in total. The van der Waals surface area contributed by atoms with E-state index >= 15 is 0 Å². The summed E-state index contributed by atoms with van der Waals surface area (Å²) in [6.07, 6.45) is 14.5. The smallest absolute Gasteiger partial charge is 0.162 e. The van der Waals surface area contributed by atoms with E-state index in [1.54, 1.807) is 0 Å². The highest BCUT2D eigenvalue weighted by Crippen LogP contribution is 2.25. The summed E-state index contributed by atoms with van der Waals surface area (Å²) in [6, 6.07) is 0. The zero-order valence-corrected chi connectivity index (χ0v) is 43.4. The molecule has 8 saturated heterocycles. The maximum atomic E-state index is 5.53. The summed E-state index contributed by atoms with van der Waals surface area (Å²) in [6.45, 7) is 45.6. The largest absolute Gasteiger partial charge is 0.379 e. The fourth-order valence-electron chi connectivity index (χ4n) is 6.78. The third-order valence-corrected chi connectivity index (χ3v) is 11.4. The Morgan fingerprint density at radius 2 is 0.581 bits per heavy atom. The van der Waals surface area contributed by atoms with Gasteiger partial charge in [-0.05, 0) is 194 Å². The van der Waals surface area contributed by atoms with Crippen molar-refractivity contribution < 1.29 is 52.1 Å². The van der Waals surface area contributed by atoms with E-state index in [4.69, 9.17) is 52.1 Å². The third kappa shape index (κ3) is 33.9. The highest BCUT2D eigenvalue weighted by atomic mass is 16.7. The minimum absolute atomic E-state index is 0.0382. The van der Waals surface area contributed by atoms with Gasteiger partial charge in [-0.3, -0.25) is 0 Å². The number of hydrogen-bond donors (Lipinski definition) is 1. The lowest BCUT2D eigenvalue weighted by Gasteiger charge is -2.34. The van der Waals surface area contributed by atoms with Crippen molar-refractivity contribution in [2.75, 3.05) is 92.4 Å². The van der Waals surface area contributed by atoms with Crippen LogP contribution in [0.4, 0.5) is 0 Å². The first-order valence-electron chi connectivity index (χ1n) is 24.3. The van der Waals surface area contributed by atoms with Gasteiger partial charge in [0.05, 0.1) is 86.5 Å². The molecule has 0 spiro atoms. The van der Waals surface area contributed by atoms with Crippen molar-refractivity contribution in [1.29, 1.82) is 0 Å². The Bertz CT molecular complexity index is 960. The molecule has 0 aromatic carbocycles. The fourth-order valence-corrected chi connectivity index (χ4v) is 6.78. The van der Waals surface area contributed by atoms with Gasteiger partial charge >= 0.3 is 0 Å². The summed E-state index contributed by atoms with van der Waals surface area (Å²) in [7, 11) is 0. The maximum absolute atomic E-state index is 5.53. The van der Waals surface area contributed by atoms with Crippen molar-refractivity contribution in [3.63, 3.8) is 0 Å². The standard InChI is InChI=1S/C7H15NO.C7H14O2.2C7H14O.C6H12O2.C6H12O.C5H10O2.C5H10O/c2*1-7(2)3-4-8-5-6-9-7;2*1-7(2)5-3-4-6-8-7;1-6(2)7-4-3-5-8-6;1-6(2)4-3-5-7-6;1-5(2)6-3-4-7-5;1-5(2)3-4-6-5/h8H,3-6H2,1-2H3;3-6H2,1-2H3;2*3-6H2,1-2H3;3-5H2,1-2H3;3-5H2,1-2H3;3-4H2,1-2H3;3-4H2,1-2H3. The van der Waals surface area contributed by atoms with E-state index in [9.17, 15) is 0 Å². The van der Waals surface area contributed by atoms with Gasteiger partial charge in [0.2, 0.25) is 0 Å². The lowest BCUT2D eigenvalue weighted by molar-refractivity contribution is -0.244. The van der Waals surface area contributed by atoms with Crippen LogP contribution < -0.4 is 5.32 Å². The van der Waals surface area contributed by atoms with Crippen molar-refractivity contribution in [1.82, 2.24) is 5.32 Å². The average molecular weight is 892 g/mol. The molecule has 0 atom stereocenters. The molecule has 0 aromatic heterocycles. The van der Waals surface area contributed by atoms with Gasteiger partial charge in [0.15, 0.2) is 11.6 Å². The molecular formula is C50H101NO11. The second-order valence-corrected chi connectivity index (χ2v) is 21.8. The second-order valence-electron chi connectivity index (χ2n) is 21.8. The van der Waals surface area contributed by atoms with E-state index in [-0.39, 0.29) is 45.2 Å². The molecule has 0 bridgehead atoms. The summed E-state index contributed by atoms with van der Waals surface area (Å²) >= 11 is 0. The van der Waals surface area contributed by atoms with Gasteiger partial charge < -0.3 is 57.4 Å². The Morgan fingerprint density at radius 3 is 0.903 bits per heavy atom. The Hall–Kier alpha value is -0.480. The zero-order valence-electron chi connectivity index (χ0n) is 43.4. The van der Waals surface area contributed by atoms with Crippen LogP contribution in [0.3, 0.4) is 0 Å². The second kappa shape index (κ2) is 29.3. The Balaban J connectivity index is 0.000000355. The molecule has 12 nitrogen and oxygen atoms in total. The lowest BCUT2D eigenvalue weighted by Crippen LogP contribution is -2.36. The molecule has 0 unspecified atom stereocenters. The van der Waals surface area contributed by atoms with Gasteiger partial charge in [-0.15, -0.1) is 0 Å². The van der Waals surface area contributed by atoms with E-state index in [0.29, 0.717) is 0 Å². The van der Waals surface area contributed by atoms with Crippen molar-refractivity contribution in [3.8, 4) is 0 Å². The van der Waals surface area contributed by atoms with Crippen LogP contribution in [0, 0.1) is 0 Å². The van der Waals surface area contributed by atoms with Gasteiger partial charge in [-0.2, -0.15) is 0 Å². The Kier molecular flexibility index (Phi) is 28.2. The van der Waals surface area contributed by atoms with Crippen molar-refractivity contribution in [3.05, 3.63) is 0 Å². The lowest BCUT2D eigenvalue weighted by atomic mass is 9.99. The first-order chi connectivity index (χ1) is 28.7. The molecular weight excluding hydrogens is 791 g/mol. The summed E-state index contributed by atoms with van der Waals surface area (Å²) < 4.78 is 58.3. The molecule has 8 aliphatic heterocycles. The maximum Gasteiger partial charge on any atom is 0.162 e. The average Bonchev–Trinajstić information content (AvgIpc) is 3.62. The van der Waals surface area contributed by atoms with Crippen molar-refractivity contribution in [2.45, 2.75) is 233 Å². The Morgan fingerprint density at radius 1 is 0.242 bits per heavy atom. The minimum atomic E-state index is -0.321. The fraction of sp³-hybridized carbons (Fsp3) is 1.00. The minimum Gasteiger partial charge on any atom is -0.379 e. The molecule has 0 aliphatic carbocycles. The number of nitrogens with one attached hydrogen (secondary N) is 1. The van der Waals surface area contributed by atoms with E-state index in [2.05, 4.69) is 88.4 Å². The summed E-state index contributed by atoms with van der Waals surface area (Å²) in [5, 5.41) is 3.28. The predicted octanol–water partition coefficient (Wildman–Crippen LogP) is 10.6. The van der Waals surface area contributed by atoms with Gasteiger partial charge in [-0.1, -0.05) is 0 Å². The highest BCUT2D eigenvalue weighted by Gasteiger charge is 2.27. The van der Waals surface area contributed by atoms with E-state index in [1.807, 2.05) is 27.7 Å². The number of hydrogen-bond acceptors (Lipinski definition) is 12. The molecule has 8 heterocycles. The molecule has 0 saturated carbocycles. The van der Waals surface area contributed by atoms with Gasteiger partial charge in [0.1, 0.15) is 0 Å². The van der Waals surface area contributed by atoms with Gasteiger partial charge in [-0.25, -0.2) is 0 Å². The van der Waals surface area contributed by atoms with Crippen LogP contribution in [-0.4, -0.2) is 138 Å². The van der Waals surface area contributed by atoms with E-state index < -0.39 is 0 Å². The van der Waals surface area contributed by atoms with E-state index in [1.165, 1.54) is 57.8 Å². The molecule has 0 amide bonds. The van der Waals surface area contributed by atoms with Crippen LogP contribution in [0.2, 0.25) is 0 Å². The van der Waals surface area contributed by atoms with Crippen LogP contribution in [-0.2, 0) is 52.1 Å². The van der Waals surface area contributed by atoms with Crippen LogP contribution in [0.5, 0.6) is 0 Å². The number of rotatable bonds is 0. The summed E-state index contributed by atoms with van der Waals surface area (Å²) in [5.74, 6) is -0.627. The van der Waals surface area contributed by atoms with E-state index in [0.717, 1.165) is 112 Å². The Labute approximate surface area is 381 Å². The predicted molar refractivity (Wildman–Crippen MR) is 251 cm³/mol. The first-order valence-corrected chi connectivity index (χ1v) is 24.3. The van der Waals surface area contributed by atoms with Crippen LogP contribution in [0.25, 0.3) is 0 Å². The number of ether oxygens (including phenoxy) is 11. The molecule has 0 aromatic rings. The quantitative estimate of drug-likeness (QED) is 0.250. The molecule has 0 radical (unpaired) electrons. The van der Waals surface area contributed by atoms with Gasteiger partial charge in [0.25, 0.3) is 0 Å². The molecule has 8 fully saturated rings. The molecule has 372 valence electrons. The van der Waals surface area contributed by atoms with Gasteiger partial charge in [0, 0.05) is 33.0 Å². The first kappa shape index (κ1) is 59.5. The summed E-state index contributed by atoms with van der Waals surface area (Å²) in [4.78, 5) is 0. The highest BCUT2D eigenvalue weighted by molar-refractivity contribution is 4.76. The van der Waals surface area contributed by atoms with Crippen molar-refractivity contribution in [2.24, 2.45) is 0 Å². The molecule has 8 aliphatic rings.